The van der Waals surface area contributed by atoms with Gasteiger partial charge in [0.05, 0.1) is 17.8 Å². The van der Waals surface area contributed by atoms with Gasteiger partial charge in [-0.15, -0.1) is 0 Å². The number of halogens is 3. The molecule has 0 aliphatic rings. The second kappa shape index (κ2) is 7.86. The Bertz CT molecular complexity index is 912. The molecule has 3 aromatic rings. The minimum Gasteiger partial charge on any atom is -0.346 e. The molecule has 0 unspecified atom stereocenters. The molecule has 0 aliphatic heterocycles. The minimum atomic E-state index is -4.39. The average Bonchev–Trinajstić information content (AvgIpc) is 2.67. The Hall–Kier alpha value is -3.42. The van der Waals surface area contributed by atoms with Crippen molar-refractivity contribution in [1.82, 2.24) is 15.3 Å². The molecule has 27 heavy (non-hydrogen) atoms. The van der Waals surface area contributed by atoms with Gasteiger partial charge in [-0.1, -0.05) is 6.07 Å². The van der Waals surface area contributed by atoms with Crippen molar-refractivity contribution in [3.63, 3.8) is 0 Å². The Kier molecular flexibility index (Phi) is 5.35. The largest absolute Gasteiger partial charge is 0.416 e. The fourth-order valence-corrected chi connectivity index (χ4v) is 2.31. The third-order valence-electron chi connectivity index (χ3n) is 3.66. The van der Waals surface area contributed by atoms with Crippen LogP contribution in [0.1, 0.15) is 21.6 Å². The van der Waals surface area contributed by atoms with Crippen molar-refractivity contribution in [2.24, 2.45) is 0 Å². The highest BCUT2D eigenvalue weighted by Gasteiger charge is 2.29. The number of nitrogens with zero attached hydrogens (tertiary/aromatic N) is 2. The van der Waals surface area contributed by atoms with E-state index in [1.807, 2.05) is 6.07 Å². The van der Waals surface area contributed by atoms with Crippen molar-refractivity contribution in [1.29, 1.82) is 0 Å². The van der Waals surface area contributed by atoms with Gasteiger partial charge in [-0.2, -0.15) is 13.2 Å². The van der Waals surface area contributed by atoms with Crippen molar-refractivity contribution in [2.45, 2.75) is 12.7 Å². The number of benzene rings is 1. The quantitative estimate of drug-likeness (QED) is 0.706. The standard InChI is InChI=1S/C19H15F3N4O/c20-19(21,22)14-4-6-15(7-5-14)26-17-11-13(8-10-24-17)18(27)25-12-16-3-1-2-9-23-16/h1-11H,12H2,(H,24,26)(H,25,27). The molecule has 0 saturated heterocycles. The number of hydrogen-bond acceptors (Lipinski definition) is 4. The molecule has 0 aliphatic carbocycles. The highest BCUT2D eigenvalue weighted by Crippen LogP contribution is 2.30. The van der Waals surface area contributed by atoms with E-state index in [4.69, 9.17) is 0 Å². The summed E-state index contributed by atoms with van der Waals surface area (Å²) in [6.45, 7) is 0.281. The van der Waals surface area contributed by atoms with E-state index < -0.39 is 11.7 Å². The van der Waals surface area contributed by atoms with E-state index in [-0.39, 0.29) is 12.5 Å². The number of carbonyl (C=O) groups is 1. The van der Waals surface area contributed by atoms with E-state index in [0.29, 0.717) is 17.1 Å². The summed E-state index contributed by atoms with van der Waals surface area (Å²) in [6, 6.07) is 13.0. The zero-order chi connectivity index (χ0) is 19.3. The third-order valence-corrected chi connectivity index (χ3v) is 3.66. The van der Waals surface area contributed by atoms with Gasteiger partial charge >= 0.3 is 6.18 Å². The maximum Gasteiger partial charge on any atom is 0.416 e. The first-order valence-electron chi connectivity index (χ1n) is 8.00. The number of carbonyl (C=O) groups excluding carboxylic acids is 1. The number of pyridine rings is 2. The van der Waals surface area contributed by atoms with Gasteiger partial charge in [-0.3, -0.25) is 9.78 Å². The number of nitrogens with one attached hydrogen (secondary N) is 2. The average molecular weight is 372 g/mol. The first-order valence-corrected chi connectivity index (χ1v) is 8.00. The summed E-state index contributed by atoms with van der Waals surface area (Å²) >= 11 is 0. The lowest BCUT2D eigenvalue weighted by molar-refractivity contribution is -0.137. The van der Waals surface area contributed by atoms with Gasteiger partial charge in [0.2, 0.25) is 0 Å². The molecule has 0 spiro atoms. The molecule has 0 radical (unpaired) electrons. The monoisotopic (exact) mass is 372 g/mol. The number of amides is 1. The van der Waals surface area contributed by atoms with Gasteiger partial charge in [-0.25, -0.2) is 4.98 Å². The van der Waals surface area contributed by atoms with Crippen LogP contribution in [0.15, 0.2) is 67.0 Å². The van der Waals surface area contributed by atoms with Crippen molar-refractivity contribution >= 4 is 17.4 Å². The third kappa shape index (κ3) is 5.04. The van der Waals surface area contributed by atoms with E-state index in [1.165, 1.54) is 24.4 Å². The lowest BCUT2D eigenvalue weighted by Crippen LogP contribution is -2.23. The summed E-state index contributed by atoms with van der Waals surface area (Å²) in [5.74, 6) is 0.0405. The SMILES string of the molecule is O=C(NCc1ccccn1)c1ccnc(Nc2ccc(C(F)(F)F)cc2)c1. The Morgan fingerprint density at radius 3 is 2.41 bits per heavy atom. The zero-order valence-electron chi connectivity index (χ0n) is 14.0. The van der Waals surface area contributed by atoms with Crippen LogP contribution in [-0.4, -0.2) is 15.9 Å². The maximum absolute atomic E-state index is 12.6. The van der Waals surface area contributed by atoms with Gasteiger partial charge in [0, 0.05) is 23.6 Å². The van der Waals surface area contributed by atoms with Crippen LogP contribution in [0, 0.1) is 0 Å². The van der Waals surface area contributed by atoms with Crippen LogP contribution in [0.25, 0.3) is 0 Å². The van der Waals surface area contributed by atoms with Crippen LogP contribution in [-0.2, 0) is 12.7 Å². The van der Waals surface area contributed by atoms with Gasteiger partial charge in [0.1, 0.15) is 5.82 Å². The molecule has 0 atom stereocenters. The van der Waals surface area contributed by atoms with Crippen LogP contribution in [0.2, 0.25) is 0 Å². The van der Waals surface area contributed by atoms with Crippen LogP contribution in [0.3, 0.4) is 0 Å². The lowest BCUT2D eigenvalue weighted by atomic mass is 10.2. The van der Waals surface area contributed by atoms with Crippen molar-refractivity contribution in [3.05, 3.63) is 83.8 Å². The van der Waals surface area contributed by atoms with E-state index in [1.54, 1.807) is 24.4 Å². The molecule has 3 rings (SSSR count). The van der Waals surface area contributed by atoms with E-state index >= 15 is 0 Å². The van der Waals surface area contributed by atoms with Gasteiger partial charge in [0.25, 0.3) is 5.91 Å². The minimum absolute atomic E-state index is 0.281. The summed E-state index contributed by atoms with van der Waals surface area (Å²) in [5, 5.41) is 5.63. The van der Waals surface area contributed by atoms with Crippen molar-refractivity contribution in [3.8, 4) is 0 Å². The summed E-state index contributed by atoms with van der Waals surface area (Å²) in [7, 11) is 0. The molecule has 138 valence electrons. The molecule has 8 heteroatoms. The predicted molar refractivity (Wildman–Crippen MR) is 94.4 cm³/mol. The maximum atomic E-state index is 12.6. The number of hydrogen-bond donors (Lipinski definition) is 2. The van der Waals surface area contributed by atoms with E-state index in [0.717, 1.165) is 17.8 Å². The Morgan fingerprint density at radius 2 is 1.74 bits per heavy atom. The Labute approximate surface area is 153 Å². The van der Waals surface area contributed by atoms with E-state index in [9.17, 15) is 18.0 Å². The molecule has 2 heterocycles. The fourth-order valence-electron chi connectivity index (χ4n) is 2.31. The number of anilines is 2. The van der Waals surface area contributed by atoms with Crippen LogP contribution >= 0.6 is 0 Å². The highest BCUT2D eigenvalue weighted by molar-refractivity contribution is 5.94. The smallest absolute Gasteiger partial charge is 0.346 e. The normalized spacial score (nSPS) is 11.1. The summed E-state index contributed by atoms with van der Waals surface area (Å²) in [4.78, 5) is 20.5. The lowest BCUT2D eigenvalue weighted by Gasteiger charge is -2.10. The predicted octanol–water partition coefficient (Wildman–Crippen LogP) is 4.17. The highest BCUT2D eigenvalue weighted by atomic mass is 19.4. The topological polar surface area (TPSA) is 66.9 Å². The second-order valence-electron chi connectivity index (χ2n) is 5.63. The molecular weight excluding hydrogens is 357 g/mol. The van der Waals surface area contributed by atoms with Crippen molar-refractivity contribution < 1.29 is 18.0 Å². The molecule has 1 amide bonds. The van der Waals surface area contributed by atoms with Crippen molar-refractivity contribution in [2.75, 3.05) is 5.32 Å². The molecular formula is C19H15F3N4O. The number of alkyl halides is 3. The van der Waals surface area contributed by atoms with Gasteiger partial charge < -0.3 is 10.6 Å². The fraction of sp³-hybridized carbons (Fsp3) is 0.105. The number of rotatable bonds is 5. The van der Waals surface area contributed by atoms with Gasteiger partial charge in [-0.05, 0) is 48.5 Å². The molecule has 1 aromatic carbocycles. The van der Waals surface area contributed by atoms with Gasteiger partial charge in [0.15, 0.2) is 0 Å². The summed E-state index contributed by atoms with van der Waals surface area (Å²) < 4.78 is 37.8. The molecule has 0 saturated carbocycles. The summed E-state index contributed by atoms with van der Waals surface area (Å²) in [5.41, 5.74) is 0.795. The van der Waals surface area contributed by atoms with Crippen LogP contribution in [0.5, 0.6) is 0 Å². The zero-order valence-corrected chi connectivity index (χ0v) is 14.0. The number of aromatic nitrogens is 2. The first-order chi connectivity index (χ1) is 12.9. The molecule has 0 fully saturated rings. The van der Waals surface area contributed by atoms with Crippen LogP contribution < -0.4 is 10.6 Å². The Balaban J connectivity index is 1.65. The molecule has 0 bridgehead atoms. The molecule has 2 aromatic heterocycles. The first kappa shape index (κ1) is 18.4. The second-order valence-corrected chi connectivity index (χ2v) is 5.63. The molecule has 5 nitrogen and oxygen atoms in total. The van der Waals surface area contributed by atoms with Crippen LogP contribution in [0.4, 0.5) is 24.7 Å². The molecule has 2 N–H and O–H groups in total. The summed E-state index contributed by atoms with van der Waals surface area (Å²) in [6.07, 6.45) is -1.30. The Morgan fingerprint density at radius 1 is 0.963 bits per heavy atom. The van der Waals surface area contributed by atoms with E-state index in [2.05, 4.69) is 20.6 Å².